The largest absolute Gasteiger partial charge is 0.389 e. The van der Waals surface area contributed by atoms with Gasteiger partial charge >= 0.3 is 0 Å². The lowest BCUT2D eigenvalue weighted by atomic mass is 10.1. The molecule has 0 amide bonds. The maximum absolute atomic E-state index is 9.93. The molecule has 0 saturated heterocycles. The van der Waals surface area contributed by atoms with Crippen molar-refractivity contribution in [1.82, 2.24) is 4.90 Å². The lowest BCUT2D eigenvalue weighted by Gasteiger charge is -2.33. The Hall–Kier alpha value is 0.0600. The van der Waals surface area contributed by atoms with E-state index in [2.05, 4.69) is 33.8 Å². The molecule has 0 aliphatic heterocycles. The second-order valence-electron chi connectivity index (χ2n) is 4.77. The number of hydrogen-bond donors (Lipinski definition) is 2. The Morgan fingerprint density at radius 1 is 1.53 bits per heavy atom. The van der Waals surface area contributed by atoms with Crippen molar-refractivity contribution in [2.45, 2.75) is 32.4 Å². The second-order valence-corrected chi connectivity index (χ2v) is 7.26. The Bertz CT molecular complexity index is 349. The molecule has 5 heteroatoms. The highest BCUT2D eigenvalue weighted by Gasteiger charge is 2.24. The fourth-order valence-corrected chi connectivity index (χ4v) is 3.46. The third-order valence-electron chi connectivity index (χ3n) is 2.58. The molecule has 0 aliphatic carbocycles. The number of aliphatic hydroxyl groups is 1. The van der Waals surface area contributed by atoms with Crippen molar-refractivity contribution in [2.24, 2.45) is 5.73 Å². The van der Waals surface area contributed by atoms with Gasteiger partial charge in [-0.3, -0.25) is 4.90 Å². The lowest BCUT2D eigenvalue weighted by Crippen LogP contribution is -2.42. The van der Waals surface area contributed by atoms with Gasteiger partial charge in [-0.05, 0) is 48.5 Å². The average Bonchev–Trinajstić information content (AvgIpc) is 2.62. The van der Waals surface area contributed by atoms with Gasteiger partial charge in [0.05, 0.1) is 15.4 Å². The Kier molecular flexibility index (Phi) is 5.60. The van der Waals surface area contributed by atoms with Crippen LogP contribution in [0.5, 0.6) is 0 Å². The van der Waals surface area contributed by atoms with Gasteiger partial charge in [0.2, 0.25) is 0 Å². The molecule has 1 atom stereocenters. The fraction of sp³-hybridized carbons (Fsp3) is 0.667. The van der Waals surface area contributed by atoms with Crippen molar-refractivity contribution in [3.8, 4) is 0 Å². The first-order valence-corrected chi connectivity index (χ1v) is 7.40. The Morgan fingerprint density at radius 2 is 2.18 bits per heavy atom. The van der Waals surface area contributed by atoms with Crippen molar-refractivity contribution in [2.75, 3.05) is 19.6 Å². The summed E-state index contributed by atoms with van der Waals surface area (Å²) in [6.07, 6.45) is 0. The molecule has 0 bridgehead atoms. The molecule has 1 aromatic rings. The van der Waals surface area contributed by atoms with Gasteiger partial charge in [-0.15, -0.1) is 11.3 Å². The van der Waals surface area contributed by atoms with Crippen LogP contribution in [-0.2, 0) is 0 Å². The highest BCUT2D eigenvalue weighted by Crippen LogP contribution is 2.30. The number of nitrogens with two attached hydrogens (primary N) is 1. The van der Waals surface area contributed by atoms with Crippen molar-refractivity contribution >= 4 is 27.3 Å². The molecule has 1 unspecified atom stereocenters. The summed E-state index contributed by atoms with van der Waals surface area (Å²) in [5.41, 5.74) is 5.18. The Balaban J connectivity index is 2.83. The highest BCUT2D eigenvalue weighted by atomic mass is 79.9. The van der Waals surface area contributed by atoms with E-state index in [0.717, 1.165) is 10.3 Å². The zero-order valence-corrected chi connectivity index (χ0v) is 13.0. The van der Waals surface area contributed by atoms with Crippen LogP contribution < -0.4 is 5.73 Å². The summed E-state index contributed by atoms with van der Waals surface area (Å²) in [5.74, 6) is 0. The molecular weight excluding hydrogens is 300 g/mol. The van der Waals surface area contributed by atoms with Crippen molar-refractivity contribution in [3.05, 3.63) is 20.8 Å². The summed E-state index contributed by atoms with van der Waals surface area (Å²) in [6.45, 7) is 7.82. The van der Waals surface area contributed by atoms with Crippen LogP contribution in [0.2, 0.25) is 0 Å². The molecule has 0 aromatic carbocycles. The summed E-state index contributed by atoms with van der Waals surface area (Å²) < 4.78 is 1.12. The molecule has 1 rings (SSSR count). The summed E-state index contributed by atoms with van der Waals surface area (Å²) in [4.78, 5) is 3.46. The highest BCUT2D eigenvalue weighted by molar-refractivity contribution is 9.11. The summed E-state index contributed by atoms with van der Waals surface area (Å²) in [6, 6.07) is 4.32. The number of hydrogen-bond acceptors (Lipinski definition) is 4. The molecule has 0 aliphatic rings. The van der Waals surface area contributed by atoms with E-state index < -0.39 is 5.60 Å². The molecular formula is C12H21BrN2OS. The summed E-state index contributed by atoms with van der Waals surface area (Å²) >= 11 is 5.18. The van der Waals surface area contributed by atoms with Gasteiger partial charge in [0, 0.05) is 18.0 Å². The standard InChI is InChI=1S/C12H21BrN2OS/c1-4-15(8-12(2,3)16)9(7-14)10-5-6-11(13)17-10/h5-6,9,16H,4,7-8,14H2,1-3H3. The monoisotopic (exact) mass is 320 g/mol. The summed E-state index contributed by atoms with van der Waals surface area (Å²) in [7, 11) is 0. The van der Waals surface area contributed by atoms with Crippen LogP contribution in [0.3, 0.4) is 0 Å². The minimum absolute atomic E-state index is 0.183. The zero-order valence-electron chi connectivity index (χ0n) is 10.6. The first-order valence-electron chi connectivity index (χ1n) is 5.79. The molecule has 98 valence electrons. The molecule has 0 radical (unpaired) electrons. The first kappa shape index (κ1) is 15.1. The lowest BCUT2D eigenvalue weighted by molar-refractivity contribution is 0.0240. The quantitative estimate of drug-likeness (QED) is 0.847. The van der Waals surface area contributed by atoms with E-state index in [4.69, 9.17) is 5.73 Å². The molecule has 1 aromatic heterocycles. The van der Waals surface area contributed by atoms with E-state index in [1.165, 1.54) is 4.88 Å². The van der Waals surface area contributed by atoms with E-state index in [9.17, 15) is 5.11 Å². The van der Waals surface area contributed by atoms with Crippen LogP contribution in [0.25, 0.3) is 0 Å². The van der Waals surface area contributed by atoms with Crippen LogP contribution in [-0.4, -0.2) is 35.2 Å². The third kappa shape index (κ3) is 4.67. The van der Waals surface area contributed by atoms with Crippen LogP contribution in [0, 0.1) is 0 Å². The van der Waals surface area contributed by atoms with Crippen molar-refractivity contribution < 1.29 is 5.11 Å². The molecule has 3 nitrogen and oxygen atoms in total. The molecule has 0 spiro atoms. The maximum Gasteiger partial charge on any atom is 0.0718 e. The van der Waals surface area contributed by atoms with Crippen LogP contribution in [0.1, 0.15) is 31.7 Å². The normalized spacial score (nSPS) is 14.3. The predicted molar refractivity (Wildman–Crippen MR) is 77.4 cm³/mol. The number of thiophene rings is 1. The van der Waals surface area contributed by atoms with Gasteiger partial charge in [-0.2, -0.15) is 0 Å². The minimum atomic E-state index is -0.697. The van der Waals surface area contributed by atoms with Crippen molar-refractivity contribution in [3.63, 3.8) is 0 Å². The van der Waals surface area contributed by atoms with Crippen LogP contribution in [0.15, 0.2) is 15.9 Å². The van der Waals surface area contributed by atoms with E-state index in [1.54, 1.807) is 11.3 Å². The number of nitrogens with zero attached hydrogens (tertiary/aromatic N) is 1. The van der Waals surface area contributed by atoms with Gasteiger partial charge in [-0.1, -0.05) is 6.92 Å². The molecule has 0 fully saturated rings. The fourth-order valence-electron chi connectivity index (χ4n) is 1.89. The summed E-state index contributed by atoms with van der Waals surface area (Å²) in [5, 5.41) is 9.93. The Labute approximate surface area is 116 Å². The molecule has 0 saturated carbocycles. The molecule has 3 N–H and O–H groups in total. The minimum Gasteiger partial charge on any atom is -0.389 e. The van der Waals surface area contributed by atoms with Gasteiger partial charge in [0.25, 0.3) is 0 Å². The molecule has 17 heavy (non-hydrogen) atoms. The van der Waals surface area contributed by atoms with E-state index in [1.807, 2.05) is 19.9 Å². The first-order chi connectivity index (χ1) is 7.87. The average molecular weight is 321 g/mol. The van der Waals surface area contributed by atoms with E-state index in [0.29, 0.717) is 13.1 Å². The predicted octanol–water partition coefficient (Wildman–Crippen LogP) is 2.60. The van der Waals surface area contributed by atoms with Gasteiger partial charge in [0.1, 0.15) is 0 Å². The molecule has 1 heterocycles. The van der Waals surface area contributed by atoms with Crippen molar-refractivity contribution in [1.29, 1.82) is 0 Å². The Morgan fingerprint density at radius 3 is 2.53 bits per heavy atom. The van der Waals surface area contributed by atoms with Gasteiger partial charge < -0.3 is 10.8 Å². The topological polar surface area (TPSA) is 49.5 Å². The SMILES string of the molecule is CCN(CC(C)(C)O)C(CN)c1ccc(Br)s1. The van der Waals surface area contributed by atoms with Crippen LogP contribution in [0.4, 0.5) is 0 Å². The third-order valence-corrected chi connectivity index (χ3v) is 4.31. The van der Waals surface area contributed by atoms with E-state index in [-0.39, 0.29) is 6.04 Å². The zero-order chi connectivity index (χ0) is 13.1. The van der Waals surface area contributed by atoms with Crippen LogP contribution >= 0.6 is 27.3 Å². The van der Waals surface area contributed by atoms with E-state index >= 15 is 0 Å². The second kappa shape index (κ2) is 6.29. The number of rotatable bonds is 6. The number of halogens is 1. The van der Waals surface area contributed by atoms with Gasteiger partial charge in [-0.25, -0.2) is 0 Å². The smallest absolute Gasteiger partial charge is 0.0718 e. The van der Waals surface area contributed by atoms with Gasteiger partial charge in [0.15, 0.2) is 0 Å². The maximum atomic E-state index is 9.93. The number of likely N-dealkylation sites (N-methyl/N-ethyl adjacent to an activating group) is 1.